The number of rotatable bonds is 4. The number of carbonyl (C=O) groups is 1. The van der Waals surface area contributed by atoms with E-state index in [1.165, 1.54) is 32.1 Å². The molecule has 1 aliphatic heterocycles. The Balaban J connectivity index is 1.58. The highest BCUT2D eigenvalue weighted by molar-refractivity contribution is 6.32. The molecular weight excluding hydrogens is 354 g/mol. The van der Waals surface area contributed by atoms with Crippen LogP contribution in [0, 0.1) is 0 Å². The Labute approximate surface area is 160 Å². The van der Waals surface area contributed by atoms with Crippen molar-refractivity contribution in [1.82, 2.24) is 9.80 Å². The van der Waals surface area contributed by atoms with E-state index >= 15 is 0 Å². The van der Waals surface area contributed by atoms with E-state index in [2.05, 4.69) is 10.2 Å². The van der Waals surface area contributed by atoms with Gasteiger partial charge in [-0.05, 0) is 18.9 Å². The van der Waals surface area contributed by atoms with Gasteiger partial charge < -0.3 is 19.7 Å². The van der Waals surface area contributed by atoms with Gasteiger partial charge in [-0.1, -0.05) is 30.9 Å². The summed E-state index contributed by atoms with van der Waals surface area (Å²) in [6.07, 6.45) is 6.64. The lowest BCUT2D eigenvalue weighted by Crippen LogP contribution is -2.53. The van der Waals surface area contributed by atoms with Crippen molar-refractivity contribution in [2.45, 2.75) is 38.1 Å². The summed E-state index contributed by atoms with van der Waals surface area (Å²) in [5.41, 5.74) is 0.554. The lowest BCUT2D eigenvalue weighted by Gasteiger charge is -2.40. The second-order valence-electron chi connectivity index (χ2n) is 6.93. The first-order chi connectivity index (χ1) is 12.6. The monoisotopic (exact) mass is 381 g/mol. The fourth-order valence-electron chi connectivity index (χ4n) is 3.89. The second-order valence-corrected chi connectivity index (χ2v) is 7.34. The molecule has 1 N–H and O–H groups in total. The molecule has 1 aromatic rings. The van der Waals surface area contributed by atoms with Crippen molar-refractivity contribution in [3.8, 4) is 11.5 Å². The number of carbonyl (C=O) groups excluding carboxylic acids is 1. The SMILES string of the molecule is COc1cc(OC)c(NC(=O)N2CCN(C3CCCCC3)CC2)cc1Cl. The molecule has 0 unspecified atom stereocenters. The standard InChI is InChI=1S/C19H28ClN3O3/c1-25-17-13-18(26-2)16(12-15(17)20)21-19(24)23-10-8-22(9-11-23)14-6-4-3-5-7-14/h12-14H,3-11H2,1-2H3,(H,21,24). The Morgan fingerprint density at radius 1 is 1.04 bits per heavy atom. The van der Waals surface area contributed by atoms with Crippen molar-refractivity contribution in [3.63, 3.8) is 0 Å². The van der Waals surface area contributed by atoms with Gasteiger partial charge in [-0.15, -0.1) is 0 Å². The zero-order chi connectivity index (χ0) is 18.5. The third kappa shape index (κ3) is 4.35. The minimum absolute atomic E-state index is 0.118. The van der Waals surface area contributed by atoms with Gasteiger partial charge in [0.05, 0.1) is 24.9 Å². The first-order valence-corrected chi connectivity index (χ1v) is 9.71. The average molecular weight is 382 g/mol. The largest absolute Gasteiger partial charge is 0.495 e. The predicted octanol–water partition coefficient (Wildman–Crippen LogP) is 3.84. The highest BCUT2D eigenvalue weighted by atomic mass is 35.5. The maximum Gasteiger partial charge on any atom is 0.322 e. The summed E-state index contributed by atoms with van der Waals surface area (Å²) in [6.45, 7) is 3.38. The van der Waals surface area contributed by atoms with E-state index < -0.39 is 0 Å². The number of amides is 2. The molecule has 0 aromatic heterocycles. The number of urea groups is 1. The number of nitrogens with one attached hydrogen (secondary N) is 1. The number of hydrogen-bond donors (Lipinski definition) is 1. The van der Waals surface area contributed by atoms with Gasteiger partial charge >= 0.3 is 6.03 Å². The lowest BCUT2D eigenvalue weighted by molar-refractivity contribution is 0.0943. The molecule has 2 amide bonds. The van der Waals surface area contributed by atoms with Crippen molar-refractivity contribution >= 4 is 23.3 Å². The van der Waals surface area contributed by atoms with Crippen LogP contribution < -0.4 is 14.8 Å². The summed E-state index contributed by atoms with van der Waals surface area (Å²) in [6, 6.07) is 3.93. The van der Waals surface area contributed by atoms with Crippen LogP contribution in [0.2, 0.25) is 5.02 Å². The number of benzene rings is 1. The number of halogens is 1. The Kier molecular flexibility index (Phi) is 6.48. The van der Waals surface area contributed by atoms with Gasteiger partial charge in [0.25, 0.3) is 0 Å². The number of anilines is 1. The van der Waals surface area contributed by atoms with Gasteiger partial charge in [0, 0.05) is 38.3 Å². The molecule has 2 aliphatic rings. The molecule has 0 bridgehead atoms. The molecule has 0 spiro atoms. The highest BCUT2D eigenvalue weighted by Gasteiger charge is 2.27. The van der Waals surface area contributed by atoms with Gasteiger partial charge in [0.15, 0.2) is 0 Å². The van der Waals surface area contributed by atoms with Crippen LogP contribution in [0.5, 0.6) is 11.5 Å². The molecule has 1 saturated heterocycles. The van der Waals surface area contributed by atoms with E-state index in [0.29, 0.717) is 28.3 Å². The molecular formula is C19H28ClN3O3. The van der Waals surface area contributed by atoms with Crippen LogP contribution in [0.1, 0.15) is 32.1 Å². The molecule has 26 heavy (non-hydrogen) atoms. The number of hydrogen-bond acceptors (Lipinski definition) is 4. The Morgan fingerprint density at radius 2 is 1.69 bits per heavy atom. The summed E-state index contributed by atoms with van der Waals surface area (Å²) in [5, 5.41) is 3.36. The zero-order valence-electron chi connectivity index (χ0n) is 15.6. The van der Waals surface area contributed by atoms with Crippen molar-refractivity contribution in [2.24, 2.45) is 0 Å². The van der Waals surface area contributed by atoms with Crippen LogP contribution in [0.4, 0.5) is 10.5 Å². The van der Waals surface area contributed by atoms with E-state index in [1.54, 1.807) is 26.4 Å². The van der Waals surface area contributed by atoms with Crippen molar-refractivity contribution in [1.29, 1.82) is 0 Å². The van der Waals surface area contributed by atoms with Gasteiger partial charge in [0.1, 0.15) is 11.5 Å². The van der Waals surface area contributed by atoms with E-state index in [4.69, 9.17) is 21.1 Å². The number of piperazine rings is 1. The fourth-order valence-corrected chi connectivity index (χ4v) is 4.13. The third-order valence-electron chi connectivity index (χ3n) is 5.41. The first kappa shape index (κ1) is 19.1. The van der Waals surface area contributed by atoms with Crippen LogP contribution in [-0.4, -0.2) is 62.3 Å². The van der Waals surface area contributed by atoms with Crippen LogP contribution in [-0.2, 0) is 0 Å². The predicted molar refractivity (Wildman–Crippen MR) is 104 cm³/mol. The first-order valence-electron chi connectivity index (χ1n) is 9.34. The molecule has 0 radical (unpaired) electrons. The third-order valence-corrected chi connectivity index (χ3v) is 5.70. The minimum atomic E-state index is -0.118. The number of methoxy groups -OCH3 is 2. The van der Waals surface area contributed by atoms with Crippen LogP contribution in [0.15, 0.2) is 12.1 Å². The summed E-state index contributed by atoms with van der Waals surface area (Å²) >= 11 is 6.18. The zero-order valence-corrected chi connectivity index (χ0v) is 16.3. The van der Waals surface area contributed by atoms with E-state index in [1.807, 2.05) is 4.90 Å². The molecule has 1 heterocycles. The molecule has 144 valence electrons. The fraction of sp³-hybridized carbons (Fsp3) is 0.632. The Hall–Kier alpha value is -1.66. The maximum atomic E-state index is 12.7. The Bertz CT molecular complexity index is 627. The summed E-state index contributed by atoms with van der Waals surface area (Å²) in [7, 11) is 3.10. The molecule has 3 rings (SSSR count). The van der Waals surface area contributed by atoms with E-state index in [-0.39, 0.29) is 6.03 Å². The number of nitrogens with zero attached hydrogens (tertiary/aromatic N) is 2. The Morgan fingerprint density at radius 3 is 2.31 bits per heavy atom. The molecule has 1 aromatic carbocycles. The van der Waals surface area contributed by atoms with Crippen molar-refractivity contribution < 1.29 is 14.3 Å². The molecule has 2 fully saturated rings. The second kappa shape index (κ2) is 8.82. The molecule has 1 aliphatic carbocycles. The van der Waals surface area contributed by atoms with Crippen molar-refractivity contribution in [3.05, 3.63) is 17.2 Å². The summed E-state index contributed by atoms with van der Waals surface area (Å²) in [4.78, 5) is 17.1. The lowest BCUT2D eigenvalue weighted by atomic mass is 9.94. The molecule has 7 heteroatoms. The van der Waals surface area contributed by atoms with Gasteiger partial charge in [-0.25, -0.2) is 4.79 Å². The van der Waals surface area contributed by atoms with Crippen LogP contribution in [0.25, 0.3) is 0 Å². The topological polar surface area (TPSA) is 54.0 Å². The number of ether oxygens (including phenoxy) is 2. The van der Waals surface area contributed by atoms with E-state index in [9.17, 15) is 4.79 Å². The average Bonchev–Trinajstić information content (AvgIpc) is 2.69. The normalized spacial score (nSPS) is 19.3. The van der Waals surface area contributed by atoms with Gasteiger partial charge in [0.2, 0.25) is 0 Å². The van der Waals surface area contributed by atoms with Crippen LogP contribution in [0.3, 0.4) is 0 Å². The summed E-state index contributed by atoms with van der Waals surface area (Å²) < 4.78 is 10.5. The van der Waals surface area contributed by atoms with Crippen molar-refractivity contribution in [2.75, 3.05) is 45.7 Å². The smallest absolute Gasteiger partial charge is 0.322 e. The minimum Gasteiger partial charge on any atom is -0.495 e. The van der Waals surface area contributed by atoms with E-state index in [0.717, 1.165) is 26.2 Å². The van der Waals surface area contributed by atoms with Gasteiger partial charge in [-0.2, -0.15) is 0 Å². The summed E-state index contributed by atoms with van der Waals surface area (Å²) in [5.74, 6) is 1.04. The molecule has 0 atom stereocenters. The van der Waals surface area contributed by atoms with Crippen LogP contribution >= 0.6 is 11.6 Å². The molecule has 1 saturated carbocycles. The quantitative estimate of drug-likeness (QED) is 0.860. The highest BCUT2D eigenvalue weighted by Crippen LogP contribution is 2.36. The van der Waals surface area contributed by atoms with Gasteiger partial charge in [-0.3, -0.25) is 4.90 Å². The molecule has 6 nitrogen and oxygen atoms in total. The maximum absolute atomic E-state index is 12.7.